The molecule has 1 fully saturated rings. The van der Waals surface area contributed by atoms with Crippen molar-refractivity contribution in [3.63, 3.8) is 0 Å². The number of carbonyl (C=O) groups excluding carboxylic acids is 1. The molecule has 0 spiro atoms. The molecule has 42 heavy (non-hydrogen) atoms. The highest BCUT2D eigenvalue weighted by atomic mass is 32.1. The highest BCUT2D eigenvalue weighted by molar-refractivity contribution is 7.48. The monoisotopic (exact) mass is 618 g/mol. The van der Waals surface area contributed by atoms with Crippen LogP contribution in [0.2, 0.25) is 0 Å². The Morgan fingerprint density at radius 2 is 1.93 bits per heavy atom. The van der Waals surface area contributed by atoms with Crippen LogP contribution in [0.15, 0.2) is 42.4 Å². The number of phosphoric acid groups is 1. The fourth-order valence-electron chi connectivity index (χ4n) is 4.62. The Morgan fingerprint density at radius 1 is 1.19 bits per heavy atom. The molecule has 5 N–H and O–H groups in total. The summed E-state index contributed by atoms with van der Waals surface area (Å²) in [6.07, 6.45) is 11.3. The summed E-state index contributed by atoms with van der Waals surface area (Å²) >= 11 is 1.25. The second-order valence-electron chi connectivity index (χ2n) is 9.39. The molecule has 18 heteroatoms. The second kappa shape index (κ2) is 13.3. The van der Waals surface area contributed by atoms with E-state index in [2.05, 4.69) is 34.6 Å². The molecule has 1 saturated carbocycles. The van der Waals surface area contributed by atoms with E-state index in [1.54, 1.807) is 37.0 Å². The maximum absolute atomic E-state index is 13.3. The lowest BCUT2D eigenvalue weighted by Gasteiger charge is -2.28. The zero-order valence-corrected chi connectivity index (χ0v) is 24.6. The average Bonchev–Trinajstić information content (AvgIpc) is 3.78. The van der Waals surface area contributed by atoms with Gasteiger partial charge in [-0.15, -0.1) is 11.3 Å². The van der Waals surface area contributed by atoms with E-state index in [-0.39, 0.29) is 17.8 Å². The number of aromatic nitrogens is 7. The van der Waals surface area contributed by atoms with Gasteiger partial charge in [-0.2, -0.15) is 19.4 Å². The molecular weight excluding hydrogens is 587 g/mol. The molecule has 1 amide bonds. The van der Waals surface area contributed by atoms with Crippen molar-refractivity contribution >= 4 is 30.8 Å². The van der Waals surface area contributed by atoms with Crippen LogP contribution >= 0.6 is 19.2 Å². The Morgan fingerprint density at radius 3 is 2.62 bits per heavy atom. The van der Waals surface area contributed by atoms with E-state index < -0.39 is 20.0 Å². The SMILES string of the molecule is CCO[C@H]1CC[C@H](n2cc(NC(=O)c3csc(-c4cnn(C(C)OP(=O)(ON)ON)c4)n3)c(-c3ncccn3)n2)CC1. The van der Waals surface area contributed by atoms with Gasteiger partial charge in [-0.1, -0.05) is 0 Å². The summed E-state index contributed by atoms with van der Waals surface area (Å²) < 4.78 is 34.6. The summed E-state index contributed by atoms with van der Waals surface area (Å²) in [4.78, 5) is 26.4. The molecule has 4 aromatic heterocycles. The normalized spacial score (nSPS) is 18.2. The number of hydrogen-bond donors (Lipinski definition) is 3. The van der Waals surface area contributed by atoms with Crippen molar-refractivity contribution in [2.45, 2.75) is 57.9 Å². The van der Waals surface area contributed by atoms with E-state index in [1.807, 2.05) is 17.8 Å². The highest BCUT2D eigenvalue weighted by Crippen LogP contribution is 2.48. The molecule has 1 atom stereocenters. The largest absolute Gasteiger partial charge is 0.509 e. The van der Waals surface area contributed by atoms with Crippen LogP contribution in [0.1, 0.15) is 62.3 Å². The minimum Gasteiger partial charge on any atom is -0.379 e. The van der Waals surface area contributed by atoms with Gasteiger partial charge in [0, 0.05) is 42.3 Å². The maximum Gasteiger partial charge on any atom is 0.509 e. The van der Waals surface area contributed by atoms with Crippen molar-refractivity contribution in [3.05, 3.63) is 48.1 Å². The minimum absolute atomic E-state index is 0.172. The Kier molecular flexibility index (Phi) is 9.50. The third-order valence-electron chi connectivity index (χ3n) is 6.68. The van der Waals surface area contributed by atoms with Crippen LogP contribution in [0.3, 0.4) is 0 Å². The molecule has 4 aromatic rings. The quantitative estimate of drug-likeness (QED) is 0.152. The lowest BCUT2D eigenvalue weighted by Crippen LogP contribution is -2.24. The van der Waals surface area contributed by atoms with Crippen LogP contribution in [-0.4, -0.2) is 53.1 Å². The standard InChI is InChI=1S/C24H31N10O6PS/c1-3-37-18-7-5-17(6-8-18)34-13-19(21(32-34)22-27-9-4-10-28-22)30-23(35)20-14-42-24(31-20)16-11-29-33(12-16)15(2)38-41(36,39-25)40-26/h4,9-15,17-18H,3,5-8,25-26H2,1-2H3,(H,30,35)/t15?,17-,18-. The molecule has 16 nitrogen and oxygen atoms in total. The van der Waals surface area contributed by atoms with Gasteiger partial charge in [-0.3, -0.25) is 14.0 Å². The molecule has 0 bridgehead atoms. The fourth-order valence-corrected chi connectivity index (χ4v) is 6.02. The highest BCUT2D eigenvalue weighted by Gasteiger charge is 2.30. The Hall–Kier alpha value is -3.41. The van der Waals surface area contributed by atoms with E-state index >= 15 is 0 Å². The van der Waals surface area contributed by atoms with Gasteiger partial charge in [0.1, 0.15) is 10.7 Å². The van der Waals surface area contributed by atoms with Gasteiger partial charge in [0.05, 0.1) is 24.0 Å². The number of ether oxygens (including phenoxy) is 1. The second-order valence-corrected chi connectivity index (χ2v) is 11.8. The van der Waals surface area contributed by atoms with Gasteiger partial charge in [0.25, 0.3) is 5.91 Å². The Balaban J connectivity index is 1.32. The number of hydrogen-bond acceptors (Lipinski definition) is 14. The molecule has 0 aliphatic heterocycles. The Labute approximate surface area is 244 Å². The van der Waals surface area contributed by atoms with Crippen LogP contribution in [-0.2, 0) is 23.1 Å². The summed E-state index contributed by atoms with van der Waals surface area (Å²) in [7, 11) is -4.14. The summed E-state index contributed by atoms with van der Waals surface area (Å²) in [6.45, 7) is 4.25. The number of anilines is 1. The summed E-state index contributed by atoms with van der Waals surface area (Å²) in [5.41, 5.74) is 1.76. The molecule has 5 rings (SSSR count). The predicted octanol–water partition coefficient (Wildman–Crippen LogP) is 3.86. The number of nitrogens with two attached hydrogens (primary N) is 2. The third-order valence-corrected chi connectivity index (χ3v) is 8.65. The molecule has 0 radical (unpaired) electrons. The van der Waals surface area contributed by atoms with Crippen LogP contribution in [0.4, 0.5) is 5.69 Å². The van der Waals surface area contributed by atoms with Gasteiger partial charge in [-0.05, 0) is 45.6 Å². The number of amides is 1. The predicted molar refractivity (Wildman–Crippen MR) is 151 cm³/mol. The lowest BCUT2D eigenvalue weighted by atomic mass is 9.93. The van der Waals surface area contributed by atoms with E-state index in [4.69, 9.17) is 26.2 Å². The average molecular weight is 619 g/mol. The van der Waals surface area contributed by atoms with Crippen molar-refractivity contribution in [1.29, 1.82) is 0 Å². The van der Waals surface area contributed by atoms with Gasteiger partial charge in [0.15, 0.2) is 17.7 Å². The topological polar surface area (TPSA) is 209 Å². The van der Waals surface area contributed by atoms with Gasteiger partial charge < -0.3 is 10.1 Å². The van der Waals surface area contributed by atoms with E-state index in [0.29, 0.717) is 34.4 Å². The molecule has 0 saturated heterocycles. The smallest absolute Gasteiger partial charge is 0.379 e. The number of nitrogens with one attached hydrogen (secondary N) is 1. The molecule has 224 valence electrons. The molecule has 1 aliphatic rings. The first kappa shape index (κ1) is 30.1. The van der Waals surface area contributed by atoms with Crippen LogP contribution < -0.4 is 17.1 Å². The zero-order valence-electron chi connectivity index (χ0n) is 22.9. The van der Waals surface area contributed by atoms with Crippen molar-refractivity contribution in [3.8, 4) is 22.1 Å². The van der Waals surface area contributed by atoms with E-state index in [1.165, 1.54) is 22.2 Å². The first-order chi connectivity index (χ1) is 20.3. The maximum atomic E-state index is 13.3. The summed E-state index contributed by atoms with van der Waals surface area (Å²) in [5.74, 6) is 9.86. The molecule has 0 aromatic carbocycles. The van der Waals surface area contributed by atoms with Crippen LogP contribution in [0.5, 0.6) is 0 Å². The van der Waals surface area contributed by atoms with Crippen molar-refractivity contribution in [1.82, 2.24) is 34.5 Å². The molecular formula is C24H31N10O6PS. The van der Waals surface area contributed by atoms with Gasteiger partial charge in [0.2, 0.25) is 0 Å². The zero-order chi connectivity index (χ0) is 29.7. The number of thiazole rings is 1. The Bertz CT molecular complexity index is 1530. The van der Waals surface area contributed by atoms with E-state index in [0.717, 1.165) is 25.7 Å². The number of carbonyl (C=O) groups is 1. The van der Waals surface area contributed by atoms with Crippen molar-refractivity contribution in [2.24, 2.45) is 11.8 Å². The van der Waals surface area contributed by atoms with Crippen LogP contribution in [0.25, 0.3) is 22.1 Å². The third kappa shape index (κ3) is 6.79. The van der Waals surface area contributed by atoms with Gasteiger partial charge in [-0.25, -0.2) is 36.0 Å². The first-order valence-electron chi connectivity index (χ1n) is 13.2. The van der Waals surface area contributed by atoms with Crippen molar-refractivity contribution in [2.75, 3.05) is 11.9 Å². The van der Waals surface area contributed by atoms with Gasteiger partial charge >= 0.3 is 7.82 Å². The van der Waals surface area contributed by atoms with Crippen molar-refractivity contribution < 1.29 is 27.9 Å². The lowest BCUT2D eigenvalue weighted by molar-refractivity contribution is 0.0260. The number of nitrogens with zero attached hydrogens (tertiary/aromatic N) is 7. The first-order valence-corrected chi connectivity index (χ1v) is 15.5. The number of rotatable bonds is 12. The van der Waals surface area contributed by atoms with Crippen LogP contribution in [0, 0.1) is 0 Å². The fraction of sp³-hybridized carbons (Fsp3) is 0.417. The molecule has 1 unspecified atom stereocenters. The summed E-state index contributed by atoms with van der Waals surface area (Å²) in [6, 6.07) is 1.89. The molecule has 4 heterocycles. The summed E-state index contributed by atoms with van der Waals surface area (Å²) in [5, 5.41) is 14.1. The minimum atomic E-state index is -4.14. The molecule has 1 aliphatic carbocycles. The van der Waals surface area contributed by atoms with E-state index in [9.17, 15) is 9.36 Å².